The highest BCUT2D eigenvalue weighted by atomic mass is 16.3. The molecule has 4 heteroatoms. The van der Waals surface area contributed by atoms with Crippen molar-refractivity contribution in [1.82, 2.24) is 14.9 Å². The molecule has 0 aliphatic carbocycles. The maximum Gasteiger partial charge on any atom is 0.220 e. The Morgan fingerprint density at radius 3 is 2.50 bits per heavy atom. The van der Waals surface area contributed by atoms with Crippen molar-refractivity contribution >= 4 is 10.9 Å². The van der Waals surface area contributed by atoms with Gasteiger partial charge in [-0.1, -0.05) is 0 Å². The van der Waals surface area contributed by atoms with Crippen molar-refractivity contribution in [2.45, 2.75) is 53.1 Å². The molecule has 2 aromatic rings. The van der Waals surface area contributed by atoms with Gasteiger partial charge in [-0.05, 0) is 52.7 Å². The lowest BCUT2D eigenvalue weighted by atomic mass is 10.1. The zero-order chi connectivity index (χ0) is 14.9. The van der Waals surface area contributed by atoms with Crippen molar-refractivity contribution in [2.75, 3.05) is 6.54 Å². The molecule has 0 saturated heterocycles. The second kappa shape index (κ2) is 5.83. The summed E-state index contributed by atoms with van der Waals surface area (Å²) in [6.07, 6.45) is 2.90. The molecule has 0 aromatic carbocycles. The Morgan fingerprint density at radius 2 is 1.90 bits per heavy atom. The van der Waals surface area contributed by atoms with E-state index in [1.54, 1.807) is 0 Å². The largest absolute Gasteiger partial charge is 0.493 e. The number of aromatic nitrogens is 2. The Bertz CT molecular complexity index is 579. The average Bonchev–Trinajstić information content (AvgIpc) is 2.71. The highest BCUT2D eigenvalue weighted by Gasteiger charge is 2.15. The molecule has 0 aliphatic rings. The molecular formula is C16H25N3O. The molecule has 0 saturated carbocycles. The van der Waals surface area contributed by atoms with Crippen LogP contribution in [0.25, 0.3) is 10.9 Å². The van der Waals surface area contributed by atoms with Gasteiger partial charge in [0.25, 0.3) is 0 Å². The summed E-state index contributed by atoms with van der Waals surface area (Å²) in [4.78, 5) is 9.84. The summed E-state index contributed by atoms with van der Waals surface area (Å²) in [5.41, 5.74) is 2.93. The first kappa shape index (κ1) is 14.9. The minimum absolute atomic E-state index is 0.136. The highest BCUT2D eigenvalue weighted by Crippen LogP contribution is 2.27. The Hall–Kier alpha value is -1.55. The molecule has 0 unspecified atom stereocenters. The van der Waals surface area contributed by atoms with E-state index in [1.807, 2.05) is 19.2 Å². The van der Waals surface area contributed by atoms with E-state index >= 15 is 0 Å². The van der Waals surface area contributed by atoms with Crippen LogP contribution in [-0.2, 0) is 6.42 Å². The van der Waals surface area contributed by atoms with E-state index < -0.39 is 0 Å². The van der Waals surface area contributed by atoms with Crippen molar-refractivity contribution in [3.8, 4) is 5.88 Å². The maximum atomic E-state index is 10.1. The molecular weight excluding hydrogens is 250 g/mol. The molecule has 4 nitrogen and oxygen atoms in total. The summed E-state index contributed by atoms with van der Waals surface area (Å²) in [7, 11) is 0. The summed E-state index contributed by atoms with van der Waals surface area (Å²) < 4.78 is 0. The SMILES string of the molecule is Cc1cc2[nH]cc(CCN(C(C)C)C(C)C)c2c(O)n1. The maximum absolute atomic E-state index is 10.1. The zero-order valence-corrected chi connectivity index (χ0v) is 13.1. The Labute approximate surface area is 120 Å². The minimum Gasteiger partial charge on any atom is -0.493 e. The molecule has 0 aliphatic heterocycles. The van der Waals surface area contributed by atoms with Crippen LogP contribution in [0.1, 0.15) is 39.0 Å². The number of pyridine rings is 1. The molecule has 110 valence electrons. The van der Waals surface area contributed by atoms with E-state index in [2.05, 4.69) is 42.6 Å². The van der Waals surface area contributed by atoms with Crippen LogP contribution in [0.2, 0.25) is 0 Å². The molecule has 0 bridgehead atoms. The molecule has 0 spiro atoms. The summed E-state index contributed by atoms with van der Waals surface area (Å²) in [6, 6.07) is 3.02. The lowest BCUT2D eigenvalue weighted by molar-refractivity contribution is 0.177. The van der Waals surface area contributed by atoms with Crippen molar-refractivity contribution < 1.29 is 5.11 Å². The molecule has 2 rings (SSSR count). The number of fused-ring (bicyclic) bond motifs is 1. The third kappa shape index (κ3) is 2.96. The number of aromatic hydroxyl groups is 1. The Kier molecular flexibility index (Phi) is 4.33. The fourth-order valence-electron chi connectivity index (χ4n) is 2.88. The lowest BCUT2D eigenvalue weighted by Crippen LogP contribution is -2.38. The topological polar surface area (TPSA) is 52.2 Å². The minimum atomic E-state index is 0.136. The Balaban J connectivity index is 2.22. The first-order valence-corrected chi connectivity index (χ1v) is 7.32. The van der Waals surface area contributed by atoms with Gasteiger partial charge in [-0.15, -0.1) is 0 Å². The van der Waals surface area contributed by atoms with Crippen molar-refractivity contribution in [2.24, 2.45) is 0 Å². The third-order valence-electron chi connectivity index (χ3n) is 3.82. The molecule has 2 aromatic heterocycles. The van der Waals surface area contributed by atoms with Crippen LogP contribution in [0.5, 0.6) is 5.88 Å². The van der Waals surface area contributed by atoms with Gasteiger partial charge >= 0.3 is 0 Å². The Morgan fingerprint density at radius 1 is 1.25 bits per heavy atom. The quantitative estimate of drug-likeness (QED) is 0.880. The molecule has 0 atom stereocenters. The second-order valence-corrected chi connectivity index (χ2v) is 6.00. The molecule has 2 N–H and O–H groups in total. The summed E-state index contributed by atoms with van der Waals surface area (Å²) in [5, 5.41) is 10.9. The lowest BCUT2D eigenvalue weighted by Gasteiger charge is -2.30. The van der Waals surface area contributed by atoms with Crippen LogP contribution in [-0.4, -0.2) is 38.6 Å². The van der Waals surface area contributed by atoms with Crippen LogP contribution in [0.3, 0.4) is 0 Å². The van der Waals surface area contributed by atoms with E-state index in [-0.39, 0.29) is 5.88 Å². The van der Waals surface area contributed by atoms with Crippen molar-refractivity contribution in [1.29, 1.82) is 0 Å². The van der Waals surface area contributed by atoms with Gasteiger partial charge in [0.05, 0.1) is 10.9 Å². The fraction of sp³-hybridized carbons (Fsp3) is 0.562. The van der Waals surface area contributed by atoms with Gasteiger partial charge in [0.2, 0.25) is 5.88 Å². The van der Waals surface area contributed by atoms with Crippen LogP contribution in [0, 0.1) is 6.92 Å². The number of aromatic amines is 1. The molecule has 0 amide bonds. The number of H-pyrrole nitrogens is 1. The monoisotopic (exact) mass is 275 g/mol. The van der Waals surface area contributed by atoms with Gasteiger partial charge in [-0.25, -0.2) is 4.98 Å². The van der Waals surface area contributed by atoms with Gasteiger partial charge in [-0.2, -0.15) is 0 Å². The summed E-state index contributed by atoms with van der Waals surface area (Å²) in [6.45, 7) is 11.7. The van der Waals surface area contributed by atoms with Gasteiger partial charge in [0.15, 0.2) is 0 Å². The van der Waals surface area contributed by atoms with E-state index in [4.69, 9.17) is 0 Å². The van der Waals surface area contributed by atoms with Gasteiger partial charge < -0.3 is 10.1 Å². The number of aryl methyl sites for hydroxylation is 1. The predicted octanol–water partition coefficient (Wildman–Crippen LogP) is 3.24. The first-order chi connectivity index (χ1) is 9.40. The first-order valence-electron chi connectivity index (χ1n) is 7.32. The number of nitrogens with one attached hydrogen (secondary N) is 1. The van der Waals surface area contributed by atoms with Crippen LogP contribution >= 0.6 is 0 Å². The van der Waals surface area contributed by atoms with Gasteiger partial charge in [0, 0.05) is 30.5 Å². The molecule has 0 fully saturated rings. The van der Waals surface area contributed by atoms with E-state index in [9.17, 15) is 5.11 Å². The number of rotatable bonds is 5. The number of hydrogen-bond donors (Lipinski definition) is 2. The molecule has 2 heterocycles. The predicted molar refractivity (Wildman–Crippen MR) is 83.2 cm³/mol. The second-order valence-electron chi connectivity index (χ2n) is 6.00. The average molecular weight is 275 g/mol. The van der Waals surface area contributed by atoms with Gasteiger partial charge in [-0.3, -0.25) is 4.90 Å². The zero-order valence-electron chi connectivity index (χ0n) is 13.1. The molecule has 0 radical (unpaired) electrons. The fourth-order valence-corrected chi connectivity index (χ4v) is 2.88. The number of hydrogen-bond acceptors (Lipinski definition) is 3. The van der Waals surface area contributed by atoms with E-state index in [1.165, 1.54) is 0 Å². The summed E-state index contributed by atoms with van der Waals surface area (Å²) in [5.74, 6) is 0.136. The van der Waals surface area contributed by atoms with E-state index in [0.717, 1.165) is 35.1 Å². The number of nitrogens with zero attached hydrogens (tertiary/aromatic N) is 2. The standard InChI is InChI=1S/C16H25N3O/c1-10(2)19(11(3)4)7-6-13-9-17-14-8-12(5)18-16(20)15(13)14/h8-11,17H,6-7H2,1-5H3,(H,18,20). The van der Waals surface area contributed by atoms with E-state index in [0.29, 0.717) is 12.1 Å². The van der Waals surface area contributed by atoms with Crippen LogP contribution in [0.15, 0.2) is 12.3 Å². The van der Waals surface area contributed by atoms with Crippen LogP contribution in [0.4, 0.5) is 0 Å². The van der Waals surface area contributed by atoms with Crippen molar-refractivity contribution in [3.63, 3.8) is 0 Å². The normalized spacial score (nSPS) is 12.2. The van der Waals surface area contributed by atoms with Crippen molar-refractivity contribution in [3.05, 3.63) is 23.5 Å². The summed E-state index contributed by atoms with van der Waals surface area (Å²) >= 11 is 0. The molecule has 20 heavy (non-hydrogen) atoms. The van der Waals surface area contributed by atoms with Gasteiger partial charge in [0.1, 0.15) is 0 Å². The smallest absolute Gasteiger partial charge is 0.220 e. The van der Waals surface area contributed by atoms with Crippen LogP contribution < -0.4 is 0 Å². The highest BCUT2D eigenvalue weighted by molar-refractivity contribution is 5.87. The third-order valence-corrected chi connectivity index (χ3v) is 3.82.